The summed E-state index contributed by atoms with van der Waals surface area (Å²) in [5, 5.41) is 11.2. The van der Waals surface area contributed by atoms with Crippen LogP contribution in [0.5, 0.6) is 11.5 Å². The fourth-order valence-corrected chi connectivity index (χ4v) is 4.03. The molecule has 33 heavy (non-hydrogen) atoms. The third-order valence-corrected chi connectivity index (χ3v) is 5.81. The number of benzene rings is 2. The Morgan fingerprint density at radius 2 is 1.76 bits per heavy atom. The van der Waals surface area contributed by atoms with Crippen LogP contribution in [0.1, 0.15) is 35.4 Å². The zero-order chi connectivity index (χ0) is 23.5. The molecule has 7 nitrogen and oxygen atoms in total. The molecule has 1 aromatic heterocycles. The lowest BCUT2D eigenvalue weighted by molar-refractivity contribution is -0.140. The number of rotatable bonds is 7. The van der Waals surface area contributed by atoms with Crippen molar-refractivity contribution in [3.05, 3.63) is 88.9 Å². The number of aliphatic hydroxyl groups is 1. The quantitative estimate of drug-likeness (QED) is 0.326. The molecule has 3 aromatic rings. The van der Waals surface area contributed by atoms with Crippen LogP contribution in [-0.4, -0.2) is 35.9 Å². The van der Waals surface area contributed by atoms with E-state index in [9.17, 15) is 14.7 Å². The minimum atomic E-state index is -0.769. The van der Waals surface area contributed by atoms with Crippen LogP contribution in [0.2, 0.25) is 0 Å². The normalized spacial score (nSPS) is 17.4. The van der Waals surface area contributed by atoms with Gasteiger partial charge in [-0.05, 0) is 47.9 Å². The van der Waals surface area contributed by atoms with Gasteiger partial charge in [-0.3, -0.25) is 9.59 Å². The van der Waals surface area contributed by atoms with Crippen molar-refractivity contribution in [3.63, 3.8) is 0 Å². The Balaban J connectivity index is 1.86. The van der Waals surface area contributed by atoms with E-state index in [0.29, 0.717) is 22.8 Å². The predicted octanol–water partition coefficient (Wildman–Crippen LogP) is 4.48. The number of hydrogen-bond donors (Lipinski definition) is 1. The van der Waals surface area contributed by atoms with Crippen molar-refractivity contribution in [2.24, 2.45) is 0 Å². The summed E-state index contributed by atoms with van der Waals surface area (Å²) < 4.78 is 16.0. The summed E-state index contributed by atoms with van der Waals surface area (Å²) in [6.45, 7) is 2.15. The predicted molar refractivity (Wildman–Crippen MR) is 122 cm³/mol. The summed E-state index contributed by atoms with van der Waals surface area (Å²) in [4.78, 5) is 27.6. The van der Waals surface area contributed by atoms with Gasteiger partial charge in [0, 0.05) is 5.56 Å². The van der Waals surface area contributed by atoms with Gasteiger partial charge in [0.1, 0.15) is 11.5 Å². The summed E-state index contributed by atoms with van der Waals surface area (Å²) in [6.07, 6.45) is 2.37. The molecule has 1 amide bonds. The van der Waals surface area contributed by atoms with Gasteiger partial charge in [-0.2, -0.15) is 0 Å². The van der Waals surface area contributed by atoms with Crippen LogP contribution in [0.25, 0.3) is 5.76 Å². The Morgan fingerprint density at radius 3 is 2.36 bits per heavy atom. The second kappa shape index (κ2) is 9.24. The minimum absolute atomic E-state index is 0.0167. The van der Waals surface area contributed by atoms with E-state index in [-0.39, 0.29) is 17.9 Å². The zero-order valence-corrected chi connectivity index (χ0v) is 18.7. The number of furan rings is 1. The van der Waals surface area contributed by atoms with Crippen LogP contribution in [0.3, 0.4) is 0 Å². The maximum absolute atomic E-state index is 13.1. The molecule has 1 fully saturated rings. The maximum Gasteiger partial charge on any atom is 0.296 e. The number of Topliss-reactive ketones (excluding diaryl/α,β-unsaturated/α-hetero) is 1. The number of ether oxygens (including phenoxy) is 2. The van der Waals surface area contributed by atoms with Crippen molar-refractivity contribution in [2.45, 2.75) is 25.9 Å². The summed E-state index contributed by atoms with van der Waals surface area (Å²) >= 11 is 0. The lowest BCUT2D eigenvalue weighted by Crippen LogP contribution is -2.29. The molecule has 0 spiro atoms. The molecule has 1 unspecified atom stereocenters. The van der Waals surface area contributed by atoms with Crippen molar-refractivity contribution in [1.82, 2.24) is 4.90 Å². The van der Waals surface area contributed by atoms with Crippen LogP contribution in [0, 0.1) is 0 Å². The zero-order valence-electron chi connectivity index (χ0n) is 18.7. The standard InChI is InChI=1S/C26H25NO6/c1-4-16-7-9-17(10-8-16)23-22(24(28)18-11-12-20(31-2)21(14-18)32-3)25(29)26(30)27(23)15-19-6-5-13-33-19/h5-14,23,28H,4,15H2,1-3H3/b24-22-. The average Bonchev–Trinajstić information content (AvgIpc) is 3.45. The van der Waals surface area contributed by atoms with Gasteiger partial charge in [0.2, 0.25) is 0 Å². The van der Waals surface area contributed by atoms with Gasteiger partial charge in [-0.15, -0.1) is 0 Å². The number of carbonyl (C=O) groups is 2. The highest BCUT2D eigenvalue weighted by Gasteiger charge is 2.46. The Morgan fingerprint density at radius 1 is 1.03 bits per heavy atom. The van der Waals surface area contributed by atoms with Gasteiger partial charge in [0.15, 0.2) is 11.5 Å². The first kappa shape index (κ1) is 22.2. The van der Waals surface area contributed by atoms with Crippen LogP contribution in [-0.2, 0) is 22.6 Å². The van der Waals surface area contributed by atoms with Gasteiger partial charge < -0.3 is 23.9 Å². The topological polar surface area (TPSA) is 89.2 Å². The third-order valence-electron chi connectivity index (χ3n) is 5.81. The number of amides is 1. The molecule has 7 heteroatoms. The summed E-state index contributed by atoms with van der Waals surface area (Å²) in [5.41, 5.74) is 2.21. The Bertz CT molecular complexity index is 1190. The molecule has 1 N–H and O–H groups in total. The van der Waals surface area contributed by atoms with Crippen LogP contribution < -0.4 is 9.47 Å². The van der Waals surface area contributed by atoms with E-state index in [0.717, 1.165) is 17.5 Å². The molecule has 0 bridgehead atoms. The Labute approximate surface area is 191 Å². The van der Waals surface area contributed by atoms with E-state index in [4.69, 9.17) is 13.9 Å². The molecular formula is C26H25NO6. The average molecular weight is 447 g/mol. The number of carbonyl (C=O) groups excluding carboxylic acids is 2. The maximum atomic E-state index is 13.1. The molecule has 1 saturated heterocycles. The number of methoxy groups -OCH3 is 2. The fraction of sp³-hybridized carbons (Fsp3) is 0.231. The first-order valence-electron chi connectivity index (χ1n) is 10.6. The van der Waals surface area contributed by atoms with Gasteiger partial charge in [0.05, 0.1) is 38.6 Å². The molecule has 1 aliphatic heterocycles. The molecule has 0 aliphatic carbocycles. The number of nitrogens with zero attached hydrogens (tertiary/aromatic N) is 1. The molecule has 2 aromatic carbocycles. The Kier molecular flexibility index (Phi) is 6.22. The monoisotopic (exact) mass is 447 g/mol. The molecule has 0 saturated carbocycles. The summed E-state index contributed by atoms with van der Waals surface area (Å²) in [6, 6.07) is 15.2. The summed E-state index contributed by atoms with van der Waals surface area (Å²) in [7, 11) is 3.00. The molecule has 1 atom stereocenters. The van der Waals surface area contributed by atoms with Crippen molar-refractivity contribution in [3.8, 4) is 11.5 Å². The largest absolute Gasteiger partial charge is 0.507 e. The number of likely N-dealkylation sites (tertiary alicyclic amines) is 1. The first-order valence-corrected chi connectivity index (χ1v) is 10.6. The smallest absolute Gasteiger partial charge is 0.296 e. The number of aliphatic hydroxyl groups excluding tert-OH is 1. The van der Waals surface area contributed by atoms with Crippen molar-refractivity contribution in [2.75, 3.05) is 14.2 Å². The fourth-order valence-electron chi connectivity index (χ4n) is 4.03. The second-order valence-electron chi connectivity index (χ2n) is 7.67. The van der Waals surface area contributed by atoms with Gasteiger partial charge in [-0.1, -0.05) is 31.2 Å². The van der Waals surface area contributed by atoms with Crippen LogP contribution in [0.15, 0.2) is 70.9 Å². The molecule has 170 valence electrons. The number of ketones is 1. The highest BCUT2D eigenvalue weighted by Crippen LogP contribution is 2.41. The van der Waals surface area contributed by atoms with E-state index < -0.39 is 17.7 Å². The van der Waals surface area contributed by atoms with Crippen molar-refractivity contribution in [1.29, 1.82) is 0 Å². The SMILES string of the molecule is CCc1ccc(C2/C(=C(/O)c3ccc(OC)c(OC)c3)C(=O)C(=O)N2Cc2ccco2)cc1. The molecular weight excluding hydrogens is 422 g/mol. The van der Waals surface area contributed by atoms with E-state index in [1.165, 1.54) is 25.4 Å². The molecule has 0 radical (unpaired) electrons. The van der Waals surface area contributed by atoms with E-state index >= 15 is 0 Å². The number of aryl methyl sites for hydroxylation is 1. The number of hydrogen-bond acceptors (Lipinski definition) is 6. The minimum Gasteiger partial charge on any atom is -0.507 e. The first-order chi connectivity index (χ1) is 16.0. The van der Waals surface area contributed by atoms with Crippen LogP contribution in [0.4, 0.5) is 0 Å². The van der Waals surface area contributed by atoms with E-state index in [1.807, 2.05) is 24.3 Å². The Hall–Kier alpha value is -4.00. The molecule has 1 aliphatic rings. The second-order valence-corrected chi connectivity index (χ2v) is 7.67. The highest BCUT2D eigenvalue weighted by atomic mass is 16.5. The highest BCUT2D eigenvalue weighted by molar-refractivity contribution is 6.46. The van der Waals surface area contributed by atoms with Gasteiger partial charge >= 0.3 is 0 Å². The molecule has 4 rings (SSSR count). The van der Waals surface area contributed by atoms with E-state index in [1.54, 1.807) is 30.3 Å². The van der Waals surface area contributed by atoms with Crippen molar-refractivity contribution >= 4 is 17.4 Å². The lowest BCUT2D eigenvalue weighted by atomic mass is 9.94. The van der Waals surface area contributed by atoms with Gasteiger partial charge in [0.25, 0.3) is 11.7 Å². The summed E-state index contributed by atoms with van der Waals surface area (Å²) in [5.74, 6) is -0.301. The van der Waals surface area contributed by atoms with E-state index in [2.05, 4.69) is 6.92 Å². The van der Waals surface area contributed by atoms with Crippen LogP contribution >= 0.6 is 0 Å². The third kappa shape index (κ3) is 4.09. The lowest BCUT2D eigenvalue weighted by Gasteiger charge is -2.24. The molecule has 2 heterocycles. The van der Waals surface area contributed by atoms with Crippen molar-refractivity contribution < 1.29 is 28.6 Å². The van der Waals surface area contributed by atoms with Gasteiger partial charge in [-0.25, -0.2) is 0 Å².